The molecule has 1 heterocycles. The second kappa shape index (κ2) is 7.54. The topological polar surface area (TPSA) is 18.5 Å². The minimum Gasteiger partial charge on any atom is -0.315 e. The van der Waals surface area contributed by atoms with Crippen molar-refractivity contribution in [2.24, 2.45) is 0 Å². The first-order valence-electron chi connectivity index (χ1n) is 7.52. The Kier molecular flexibility index (Phi) is 5.99. The van der Waals surface area contributed by atoms with E-state index in [1.807, 2.05) is 7.05 Å². The van der Waals surface area contributed by atoms with E-state index in [0.29, 0.717) is 23.0 Å². The third-order valence-electron chi connectivity index (χ3n) is 4.44. The van der Waals surface area contributed by atoms with Gasteiger partial charge in [-0.05, 0) is 59.2 Å². The van der Waals surface area contributed by atoms with E-state index in [2.05, 4.69) is 29.2 Å². The Balaban J connectivity index is 2.18. The zero-order valence-corrected chi connectivity index (χ0v) is 13.8. The van der Waals surface area contributed by atoms with Gasteiger partial charge in [0.05, 0.1) is 0 Å². The number of hydrogen-bond acceptors (Lipinski definition) is 3. The molecule has 0 aliphatic carbocycles. The van der Waals surface area contributed by atoms with E-state index in [1.165, 1.54) is 12.5 Å². The van der Waals surface area contributed by atoms with Crippen molar-refractivity contribution in [3.05, 3.63) is 34.6 Å². The van der Waals surface area contributed by atoms with Crippen molar-refractivity contribution in [3.8, 4) is 0 Å². The molecule has 1 aliphatic rings. The summed E-state index contributed by atoms with van der Waals surface area (Å²) in [6.45, 7) is 3.16. The molecule has 0 spiro atoms. The summed E-state index contributed by atoms with van der Waals surface area (Å²) in [4.78, 5) is 4.72. The van der Waals surface area contributed by atoms with E-state index in [4.69, 9.17) is 11.6 Å². The molecule has 21 heavy (non-hydrogen) atoms. The fourth-order valence-electron chi connectivity index (χ4n) is 3.12. The standard InChI is InChI=1S/C16H25ClFN3/c1-19-15(10-12-13(17)6-4-7-14(12)18)16-11-20(2)8-5-9-21(16)3/h4,6-7,15-16,19H,5,8-11H2,1-3H3. The maximum Gasteiger partial charge on any atom is 0.127 e. The van der Waals surface area contributed by atoms with Gasteiger partial charge in [0.2, 0.25) is 0 Å². The van der Waals surface area contributed by atoms with Crippen molar-refractivity contribution < 1.29 is 4.39 Å². The van der Waals surface area contributed by atoms with Gasteiger partial charge in [0.15, 0.2) is 0 Å². The molecule has 0 saturated carbocycles. The normalized spacial score (nSPS) is 23.0. The van der Waals surface area contributed by atoms with Crippen LogP contribution in [-0.4, -0.2) is 62.7 Å². The van der Waals surface area contributed by atoms with Gasteiger partial charge >= 0.3 is 0 Å². The number of benzene rings is 1. The highest BCUT2D eigenvalue weighted by Crippen LogP contribution is 2.22. The van der Waals surface area contributed by atoms with E-state index in [-0.39, 0.29) is 11.9 Å². The molecule has 118 valence electrons. The number of nitrogens with zero attached hydrogens (tertiary/aromatic N) is 2. The van der Waals surface area contributed by atoms with E-state index in [9.17, 15) is 4.39 Å². The Bertz CT molecular complexity index is 449. The lowest BCUT2D eigenvalue weighted by Crippen LogP contribution is -2.52. The van der Waals surface area contributed by atoms with Crippen LogP contribution in [0.5, 0.6) is 0 Å². The third-order valence-corrected chi connectivity index (χ3v) is 4.79. The van der Waals surface area contributed by atoms with Crippen LogP contribution in [-0.2, 0) is 6.42 Å². The van der Waals surface area contributed by atoms with Crippen molar-refractivity contribution >= 4 is 11.6 Å². The van der Waals surface area contributed by atoms with E-state index < -0.39 is 0 Å². The maximum absolute atomic E-state index is 14.0. The quantitative estimate of drug-likeness (QED) is 0.920. The Morgan fingerprint density at radius 1 is 1.38 bits per heavy atom. The molecule has 1 saturated heterocycles. The molecule has 0 aromatic heterocycles. The maximum atomic E-state index is 14.0. The Morgan fingerprint density at radius 2 is 2.14 bits per heavy atom. The molecule has 1 aromatic carbocycles. The van der Waals surface area contributed by atoms with Crippen LogP contribution >= 0.6 is 11.6 Å². The van der Waals surface area contributed by atoms with Gasteiger partial charge in [-0.15, -0.1) is 0 Å². The minimum absolute atomic E-state index is 0.171. The highest BCUT2D eigenvalue weighted by atomic mass is 35.5. The van der Waals surface area contributed by atoms with Crippen LogP contribution in [0.2, 0.25) is 5.02 Å². The molecular weight excluding hydrogens is 289 g/mol. The second-order valence-corrected chi connectivity index (χ2v) is 6.37. The van der Waals surface area contributed by atoms with E-state index >= 15 is 0 Å². The smallest absolute Gasteiger partial charge is 0.127 e. The lowest BCUT2D eigenvalue weighted by Gasteiger charge is -2.34. The van der Waals surface area contributed by atoms with Gasteiger partial charge in [0.1, 0.15) is 5.82 Å². The summed E-state index contributed by atoms with van der Waals surface area (Å²) in [6, 6.07) is 5.41. The van der Waals surface area contributed by atoms with Gasteiger partial charge in [0, 0.05) is 29.2 Å². The van der Waals surface area contributed by atoms with Gasteiger partial charge in [-0.3, -0.25) is 0 Å². The molecule has 1 aliphatic heterocycles. The minimum atomic E-state index is -0.215. The zero-order chi connectivity index (χ0) is 15.4. The Hall–Kier alpha value is -0.680. The second-order valence-electron chi connectivity index (χ2n) is 5.96. The summed E-state index contributed by atoms with van der Waals surface area (Å²) in [6.07, 6.45) is 1.77. The van der Waals surface area contributed by atoms with Crippen molar-refractivity contribution in [1.29, 1.82) is 0 Å². The molecule has 2 unspecified atom stereocenters. The fraction of sp³-hybridized carbons (Fsp3) is 0.625. The molecule has 1 aromatic rings. The first-order chi connectivity index (χ1) is 10.0. The molecule has 1 fully saturated rings. The molecule has 0 radical (unpaired) electrons. The first-order valence-corrected chi connectivity index (χ1v) is 7.89. The van der Waals surface area contributed by atoms with Gasteiger partial charge < -0.3 is 15.1 Å². The van der Waals surface area contributed by atoms with Crippen molar-refractivity contribution in [2.75, 3.05) is 40.8 Å². The Labute approximate surface area is 132 Å². The average molecular weight is 314 g/mol. The van der Waals surface area contributed by atoms with Gasteiger partial charge in [-0.25, -0.2) is 4.39 Å². The largest absolute Gasteiger partial charge is 0.315 e. The molecule has 2 rings (SSSR count). The predicted octanol–water partition coefficient (Wildman–Crippen LogP) is 2.25. The molecule has 1 N–H and O–H groups in total. The number of rotatable bonds is 4. The monoisotopic (exact) mass is 313 g/mol. The van der Waals surface area contributed by atoms with Crippen molar-refractivity contribution in [2.45, 2.75) is 24.9 Å². The summed E-state index contributed by atoms with van der Waals surface area (Å²) in [5, 5.41) is 3.87. The number of likely N-dealkylation sites (N-methyl/N-ethyl adjacent to an activating group) is 3. The zero-order valence-electron chi connectivity index (χ0n) is 13.1. The van der Waals surface area contributed by atoms with Gasteiger partial charge in [0.25, 0.3) is 0 Å². The van der Waals surface area contributed by atoms with E-state index in [1.54, 1.807) is 12.1 Å². The number of nitrogens with one attached hydrogen (secondary N) is 1. The van der Waals surface area contributed by atoms with Crippen LogP contribution < -0.4 is 5.32 Å². The number of halogens is 2. The van der Waals surface area contributed by atoms with Gasteiger partial charge in [-0.1, -0.05) is 17.7 Å². The average Bonchev–Trinajstić information content (AvgIpc) is 2.60. The van der Waals surface area contributed by atoms with E-state index in [0.717, 1.165) is 19.6 Å². The Morgan fingerprint density at radius 3 is 2.81 bits per heavy atom. The third kappa shape index (κ3) is 4.16. The van der Waals surface area contributed by atoms with Crippen molar-refractivity contribution in [3.63, 3.8) is 0 Å². The lowest BCUT2D eigenvalue weighted by atomic mass is 9.97. The molecule has 2 atom stereocenters. The molecule has 3 nitrogen and oxygen atoms in total. The summed E-state index contributed by atoms with van der Waals surface area (Å²) < 4.78 is 14.0. The predicted molar refractivity (Wildman–Crippen MR) is 86.5 cm³/mol. The molecule has 0 amide bonds. The highest BCUT2D eigenvalue weighted by Gasteiger charge is 2.28. The van der Waals surface area contributed by atoms with Crippen LogP contribution in [0.15, 0.2) is 18.2 Å². The fourth-order valence-corrected chi connectivity index (χ4v) is 3.36. The van der Waals surface area contributed by atoms with Crippen LogP contribution in [0.3, 0.4) is 0 Å². The summed E-state index contributed by atoms with van der Waals surface area (Å²) in [7, 11) is 6.24. The first kappa shape index (κ1) is 16.7. The van der Waals surface area contributed by atoms with Gasteiger partial charge in [-0.2, -0.15) is 0 Å². The van der Waals surface area contributed by atoms with Crippen LogP contribution in [0.1, 0.15) is 12.0 Å². The summed E-state index contributed by atoms with van der Waals surface area (Å²) in [5.74, 6) is -0.215. The molecular formula is C16H25ClFN3. The SMILES string of the molecule is CNC(Cc1c(F)cccc1Cl)C1CN(C)CCCN1C. The summed E-state index contributed by atoms with van der Waals surface area (Å²) >= 11 is 6.17. The van der Waals surface area contributed by atoms with Crippen LogP contribution in [0, 0.1) is 5.82 Å². The summed E-state index contributed by atoms with van der Waals surface area (Å²) in [5.41, 5.74) is 0.610. The van der Waals surface area contributed by atoms with Crippen molar-refractivity contribution in [1.82, 2.24) is 15.1 Å². The lowest BCUT2D eigenvalue weighted by molar-refractivity contribution is 0.181. The van der Waals surface area contributed by atoms with Crippen LogP contribution in [0.4, 0.5) is 4.39 Å². The van der Waals surface area contributed by atoms with Crippen LogP contribution in [0.25, 0.3) is 0 Å². The number of hydrogen-bond donors (Lipinski definition) is 1. The molecule has 0 bridgehead atoms. The highest BCUT2D eigenvalue weighted by molar-refractivity contribution is 6.31. The molecule has 5 heteroatoms.